The van der Waals surface area contributed by atoms with Crippen molar-refractivity contribution in [3.8, 4) is 0 Å². The predicted molar refractivity (Wildman–Crippen MR) is 86.0 cm³/mol. The highest BCUT2D eigenvalue weighted by molar-refractivity contribution is 7.09. The molecule has 1 unspecified atom stereocenters. The van der Waals surface area contributed by atoms with Crippen LogP contribution in [0.4, 0.5) is 0 Å². The van der Waals surface area contributed by atoms with Crippen molar-refractivity contribution >= 4 is 11.3 Å². The fraction of sp³-hybridized carbons (Fsp3) is 0.812. The van der Waals surface area contributed by atoms with E-state index in [4.69, 9.17) is 0 Å². The van der Waals surface area contributed by atoms with Gasteiger partial charge in [0, 0.05) is 11.9 Å². The molecule has 1 aromatic heterocycles. The lowest BCUT2D eigenvalue weighted by Crippen LogP contribution is -2.36. The molecule has 2 nitrogen and oxygen atoms in total. The van der Waals surface area contributed by atoms with Gasteiger partial charge in [-0.2, -0.15) is 0 Å². The Hall–Kier alpha value is -0.410. The van der Waals surface area contributed by atoms with E-state index in [2.05, 4.69) is 43.4 Å². The summed E-state index contributed by atoms with van der Waals surface area (Å²) in [6.45, 7) is 11.2. The van der Waals surface area contributed by atoms with Crippen LogP contribution in [0, 0.1) is 12.3 Å². The highest BCUT2D eigenvalue weighted by Gasteiger charge is 2.28. The Morgan fingerprint density at radius 3 is 2.58 bits per heavy atom. The molecule has 1 atom stereocenters. The fourth-order valence-corrected chi connectivity index (χ4v) is 3.23. The SMILES string of the molecule is CCCCC(CC)(CNCCC)Cc1csc(C)n1. The molecule has 1 rings (SSSR count). The summed E-state index contributed by atoms with van der Waals surface area (Å²) in [4.78, 5) is 4.67. The van der Waals surface area contributed by atoms with Crippen LogP contribution in [0.25, 0.3) is 0 Å². The van der Waals surface area contributed by atoms with Gasteiger partial charge in [0.05, 0.1) is 10.7 Å². The van der Waals surface area contributed by atoms with Crippen molar-refractivity contribution in [1.29, 1.82) is 0 Å². The number of aromatic nitrogens is 1. The molecule has 1 heterocycles. The molecule has 1 N–H and O–H groups in total. The molecule has 0 aliphatic heterocycles. The van der Waals surface area contributed by atoms with Crippen molar-refractivity contribution in [1.82, 2.24) is 10.3 Å². The Balaban J connectivity index is 2.69. The molecule has 0 fully saturated rings. The number of hydrogen-bond donors (Lipinski definition) is 1. The molecule has 0 aromatic carbocycles. The summed E-state index contributed by atoms with van der Waals surface area (Å²) in [5.74, 6) is 0. The lowest BCUT2D eigenvalue weighted by Gasteiger charge is -2.33. The zero-order valence-corrected chi connectivity index (χ0v) is 13.9. The van der Waals surface area contributed by atoms with Crippen LogP contribution < -0.4 is 5.32 Å². The lowest BCUT2D eigenvalue weighted by atomic mass is 9.76. The molecule has 0 amide bonds. The summed E-state index contributed by atoms with van der Waals surface area (Å²) in [6.07, 6.45) is 7.50. The Kier molecular flexibility index (Phi) is 7.62. The number of unbranched alkanes of at least 4 members (excludes halogenated alkanes) is 1. The van der Waals surface area contributed by atoms with E-state index >= 15 is 0 Å². The normalized spacial score (nSPS) is 14.5. The molecule has 0 bridgehead atoms. The highest BCUT2D eigenvalue weighted by Crippen LogP contribution is 2.33. The third kappa shape index (κ3) is 5.62. The van der Waals surface area contributed by atoms with Gasteiger partial charge in [0.2, 0.25) is 0 Å². The molecular weight excluding hydrogens is 252 g/mol. The number of thiazole rings is 1. The number of aryl methyl sites for hydroxylation is 1. The van der Waals surface area contributed by atoms with Gasteiger partial charge in [-0.15, -0.1) is 11.3 Å². The van der Waals surface area contributed by atoms with Crippen LogP contribution in [-0.2, 0) is 6.42 Å². The molecule has 3 heteroatoms. The predicted octanol–water partition coefficient (Wildman–Crippen LogP) is 4.58. The molecule has 110 valence electrons. The van der Waals surface area contributed by atoms with E-state index in [1.54, 1.807) is 11.3 Å². The minimum atomic E-state index is 0.395. The van der Waals surface area contributed by atoms with Crippen molar-refractivity contribution in [3.05, 3.63) is 16.1 Å². The second kappa shape index (κ2) is 8.70. The van der Waals surface area contributed by atoms with Gasteiger partial charge in [-0.25, -0.2) is 4.98 Å². The maximum absolute atomic E-state index is 4.67. The summed E-state index contributed by atoms with van der Waals surface area (Å²) in [5, 5.41) is 7.07. The van der Waals surface area contributed by atoms with Gasteiger partial charge >= 0.3 is 0 Å². The lowest BCUT2D eigenvalue weighted by molar-refractivity contribution is 0.227. The van der Waals surface area contributed by atoms with Crippen LogP contribution in [0.3, 0.4) is 0 Å². The monoisotopic (exact) mass is 282 g/mol. The van der Waals surface area contributed by atoms with E-state index < -0.39 is 0 Å². The average molecular weight is 282 g/mol. The molecule has 0 aliphatic rings. The number of nitrogens with zero attached hydrogens (tertiary/aromatic N) is 1. The van der Waals surface area contributed by atoms with Crippen LogP contribution in [0.1, 0.15) is 63.6 Å². The second-order valence-corrected chi connectivity index (χ2v) is 6.73. The quantitative estimate of drug-likeness (QED) is 0.635. The van der Waals surface area contributed by atoms with Crippen molar-refractivity contribution < 1.29 is 0 Å². The Morgan fingerprint density at radius 1 is 1.26 bits per heavy atom. The third-order valence-electron chi connectivity index (χ3n) is 3.96. The maximum Gasteiger partial charge on any atom is 0.0897 e. The number of nitrogens with one attached hydrogen (secondary N) is 1. The Bertz CT molecular complexity index is 348. The Labute approximate surface area is 123 Å². The molecule has 0 saturated heterocycles. The van der Waals surface area contributed by atoms with Gasteiger partial charge in [-0.3, -0.25) is 0 Å². The molecule has 0 saturated carbocycles. The highest BCUT2D eigenvalue weighted by atomic mass is 32.1. The van der Waals surface area contributed by atoms with Crippen LogP contribution in [0.2, 0.25) is 0 Å². The summed E-state index contributed by atoms with van der Waals surface area (Å²) >= 11 is 1.78. The van der Waals surface area contributed by atoms with Crippen molar-refractivity contribution in [2.24, 2.45) is 5.41 Å². The van der Waals surface area contributed by atoms with E-state index in [1.165, 1.54) is 42.8 Å². The Morgan fingerprint density at radius 2 is 2.05 bits per heavy atom. The summed E-state index contributed by atoms with van der Waals surface area (Å²) in [5.41, 5.74) is 1.69. The topological polar surface area (TPSA) is 24.9 Å². The third-order valence-corrected chi connectivity index (χ3v) is 4.78. The van der Waals surface area contributed by atoms with Gasteiger partial charge in [0.25, 0.3) is 0 Å². The van der Waals surface area contributed by atoms with Crippen molar-refractivity contribution in [2.45, 2.75) is 66.2 Å². The first kappa shape index (κ1) is 16.6. The number of rotatable bonds is 10. The molecule has 0 aliphatic carbocycles. The van der Waals surface area contributed by atoms with Gasteiger partial charge in [-0.05, 0) is 44.6 Å². The van der Waals surface area contributed by atoms with Crippen molar-refractivity contribution in [2.75, 3.05) is 13.1 Å². The molecule has 19 heavy (non-hydrogen) atoms. The van der Waals surface area contributed by atoms with E-state index in [-0.39, 0.29) is 0 Å². The van der Waals surface area contributed by atoms with Crippen LogP contribution in [0.15, 0.2) is 5.38 Å². The second-order valence-electron chi connectivity index (χ2n) is 5.67. The standard InChI is InChI=1S/C16H30N2S/c1-5-8-9-16(7-3,13-17-10-6-2)11-15-12-19-14(4)18-15/h12,17H,5-11,13H2,1-4H3. The van der Waals surface area contributed by atoms with Gasteiger partial charge < -0.3 is 5.32 Å². The van der Waals surface area contributed by atoms with Gasteiger partial charge in [0.1, 0.15) is 0 Å². The fourth-order valence-electron chi connectivity index (χ4n) is 2.62. The van der Waals surface area contributed by atoms with Crippen molar-refractivity contribution in [3.63, 3.8) is 0 Å². The smallest absolute Gasteiger partial charge is 0.0897 e. The minimum absolute atomic E-state index is 0.395. The summed E-state index contributed by atoms with van der Waals surface area (Å²) in [6, 6.07) is 0. The maximum atomic E-state index is 4.67. The average Bonchev–Trinajstić information content (AvgIpc) is 2.81. The van der Waals surface area contributed by atoms with Crippen LogP contribution in [-0.4, -0.2) is 18.1 Å². The zero-order chi connectivity index (χ0) is 14.1. The largest absolute Gasteiger partial charge is 0.316 e. The van der Waals surface area contributed by atoms with Gasteiger partial charge in [-0.1, -0.05) is 33.6 Å². The van der Waals surface area contributed by atoms with Gasteiger partial charge in [0.15, 0.2) is 0 Å². The summed E-state index contributed by atoms with van der Waals surface area (Å²) < 4.78 is 0. The van der Waals surface area contributed by atoms with E-state index in [1.807, 2.05) is 0 Å². The van der Waals surface area contributed by atoms with Crippen LogP contribution >= 0.6 is 11.3 Å². The molecule has 0 radical (unpaired) electrons. The number of hydrogen-bond acceptors (Lipinski definition) is 3. The zero-order valence-electron chi connectivity index (χ0n) is 13.1. The van der Waals surface area contributed by atoms with E-state index in [0.29, 0.717) is 5.41 Å². The molecule has 1 aromatic rings. The summed E-state index contributed by atoms with van der Waals surface area (Å²) in [7, 11) is 0. The molecular formula is C16H30N2S. The first-order chi connectivity index (χ1) is 9.15. The molecule has 0 spiro atoms. The van der Waals surface area contributed by atoms with Crippen LogP contribution in [0.5, 0.6) is 0 Å². The minimum Gasteiger partial charge on any atom is -0.316 e. The first-order valence-corrected chi connectivity index (χ1v) is 8.65. The first-order valence-electron chi connectivity index (χ1n) is 7.77. The van der Waals surface area contributed by atoms with E-state index in [9.17, 15) is 0 Å². The van der Waals surface area contributed by atoms with E-state index in [0.717, 1.165) is 19.5 Å².